The van der Waals surface area contributed by atoms with Gasteiger partial charge in [-0.2, -0.15) is 0 Å². The van der Waals surface area contributed by atoms with E-state index in [2.05, 4.69) is 25.9 Å². The van der Waals surface area contributed by atoms with Gasteiger partial charge in [0.15, 0.2) is 5.82 Å². The fourth-order valence-corrected chi connectivity index (χ4v) is 3.72. The summed E-state index contributed by atoms with van der Waals surface area (Å²) < 4.78 is 0. The normalized spacial score (nSPS) is 24.1. The van der Waals surface area contributed by atoms with Gasteiger partial charge in [0.25, 0.3) is 0 Å². The van der Waals surface area contributed by atoms with Crippen molar-refractivity contribution in [2.45, 2.75) is 25.0 Å². The van der Waals surface area contributed by atoms with Gasteiger partial charge in [-0.3, -0.25) is 4.79 Å². The largest absolute Gasteiger partial charge is 0.387 e. The Labute approximate surface area is 162 Å². The zero-order valence-electron chi connectivity index (χ0n) is 14.7. The lowest BCUT2D eigenvalue weighted by atomic mass is 10.0. The van der Waals surface area contributed by atoms with Crippen molar-refractivity contribution in [2.75, 3.05) is 25.0 Å². The van der Waals surface area contributed by atoms with E-state index in [1.807, 2.05) is 18.3 Å². The van der Waals surface area contributed by atoms with Crippen molar-refractivity contribution in [2.24, 2.45) is 0 Å². The third-order valence-corrected chi connectivity index (χ3v) is 5.07. The minimum Gasteiger partial charge on any atom is -0.387 e. The lowest BCUT2D eigenvalue weighted by molar-refractivity contribution is -0.135. The van der Waals surface area contributed by atoms with Crippen molar-refractivity contribution < 1.29 is 9.90 Å². The van der Waals surface area contributed by atoms with Crippen molar-refractivity contribution >= 4 is 28.9 Å². The van der Waals surface area contributed by atoms with Crippen LogP contribution in [0.2, 0.25) is 0 Å². The first-order chi connectivity index (χ1) is 13.1. The van der Waals surface area contributed by atoms with E-state index in [1.165, 1.54) is 0 Å². The molecule has 3 aliphatic rings. The summed E-state index contributed by atoms with van der Waals surface area (Å²) in [5.41, 5.74) is 1.89. The number of aliphatic hydroxyl groups is 1. The van der Waals surface area contributed by atoms with E-state index >= 15 is 0 Å². The number of hydrogen-bond donors (Lipinski definition) is 4. The molecule has 2 atom stereocenters. The average Bonchev–Trinajstić information content (AvgIpc) is 3.11. The average molecular weight is 389 g/mol. The van der Waals surface area contributed by atoms with Gasteiger partial charge in [0, 0.05) is 48.9 Å². The number of likely N-dealkylation sites (tertiary alicyclic amines) is 1. The van der Waals surface area contributed by atoms with Crippen LogP contribution in [0.15, 0.2) is 41.3 Å². The van der Waals surface area contributed by atoms with Crippen LogP contribution in [0.25, 0.3) is 5.57 Å². The highest BCUT2D eigenvalue weighted by Crippen LogP contribution is 2.31. The number of hydrogen-bond acceptors (Lipinski definition) is 7. The number of nitrogens with zero attached hydrogens (tertiary/aromatic N) is 3. The number of carbonyl (C=O) groups is 1. The van der Waals surface area contributed by atoms with Crippen LogP contribution in [0.3, 0.4) is 0 Å². The lowest BCUT2D eigenvalue weighted by Gasteiger charge is -2.33. The number of anilines is 1. The summed E-state index contributed by atoms with van der Waals surface area (Å²) in [5, 5.41) is 19.5. The molecule has 0 aliphatic carbocycles. The quantitative estimate of drug-likeness (QED) is 0.603. The Kier molecular flexibility index (Phi) is 5.00. The molecule has 0 spiro atoms. The number of halogens is 1. The van der Waals surface area contributed by atoms with Gasteiger partial charge >= 0.3 is 0 Å². The molecular weight excluding hydrogens is 368 g/mol. The maximum atomic E-state index is 11.7. The molecule has 0 radical (unpaired) electrons. The third-order valence-electron chi connectivity index (χ3n) is 4.86. The number of piperidine rings is 1. The van der Waals surface area contributed by atoms with Crippen molar-refractivity contribution in [3.8, 4) is 0 Å². The van der Waals surface area contributed by atoms with Gasteiger partial charge in [0.2, 0.25) is 5.91 Å². The predicted octanol–water partition coefficient (Wildman–Crippen LogP) is 0.752. The standard InChI is InChI=1S/C18H21ClN6O2/c19-11-6-13-14(8-22-17(13)21-7-11)18-20-4-3-15(24-18)23-12-2-1-5-25(9-12)16(27)10-26/h3-4,6-8,12,17,21-22,26H,1-2,5,9-10H2,(H,20,23,24)/t12-,17?/m0/s1. The second-order valence-corrected chi connectivity index (χ2v) is 7.14. The molecule has 27 heavy (non-hydrogen) atoms. The van der Waals surface area contributed by atoms with E-state index < -0.39 is 6.61 Å². The van der Waals surface area contributed by atoms with Crippen molar-refractivity contribution in [1.82, 2.24) is 25.5 Å². The maximum absolute atomic E-state index is 11.7. The summed E-state index contributed by atoms with van der Waals surface area (Å²) in [6, 6.07) is 1.91. The molecule has 0 saturated carbocycles. The molecule has 1 saturated heterocycles. The molecule has 9 heteroatoms. The first-order valence-corrected chi connectivity index (χ1v) is 9.30. The molecule has 1 aromatic heterocycles. The number of amides is 1. The molecule has 3 aliphatic heterocycles. The first kappa shape index (κ1) is 17.8. The number of fused-ring (bicyclic) bond motifs is 1. The van der Waals surface area contributed by atoms with E-state index in [9.17, 15) is 4.79 Å². The van der Waals surface area contributed by atoms with Crippen molar-refractivity contribution in [3.05, 3.63) is 47.2 Å². The number of rotatable bonds is 4. The lowest BCUT2D eigenvalue weighted by Crippen LogP contribution is -2.46. The smallest absolute Gasteiger partial charge is 0.248 e. The number of allylic oxidation sites excluding steroid dienone is 2. The fraction of sp³-hybridized carbons (Fsp3) is 0.389. The highest BCUT2D eigenvalue weighted by atomic mass is 35.5. The molecule has 1 amide bonds. The molecular formula is C18H21ClN6O2. The summed E-state index contributed by atoms with van der Waals surface area (Å²) in [6.45, 7) is 0.787. The van der Waals surface area contributed by atoms with Crippen LogP contribution in [0, 0.1) is 0 Å². The van der Waals surface area contributed by atoms with E-state index in [0.717, 1.165) is 24.0 Å². The Bertz CT molecular complexity index is 837. The molecule has 142 valence electrons. The van der Waals surface area contributed by atoms with Gasteiger partial charge < -0.3 is 26.0 Å². The summed E-state index contributed by atoms with van der Waals surface area (Å²) in [5.74, 6) is 1.08. The first-order valence-electron chi connectivity index (χ1n) is 8.92. The highest BCUT2D eigenvalue weighted by Gasteiger charge is 2.28. The summed E-state index contributed by atoms with van der Waals surface area (Å²) in [6.07, 6.45) is 9.05. The number of aliphatic hydroxyl groups excluding tert-OH is 1. The van der Waals surface area contributed by atoms with Crippen LogP contribution in [0.5, 0.6) is 0 Å². The van der Waals surface area contributed by atoms with Crippen LogP contribution >= 0.6 is 11.6 Å². The van der Waals surface area contributed by atoms with Gasteiger partial charge in [-0.15, -0.1) is 0 Å². The Balaban J connectivity index is 1.49. The van der Waals surface area contributed by atoms with Crippen LogP contribution in [-0.2, 0) is 4.79 Å². The minimum atomic E-state index is -0.452. The topological polar surface area (TPSA) is 102 Å². The molecule has 4 rings (SSSR count). The molecule has 0 bridgehead atoms. The third kappa shape index (κ3) is 3.77. The molecule has 4 heterocycles. The van der Waals surface area contributed by atoms with E-state index in [4.69, 9.17) is 16.7 Å². The second kappa shape index (κ2) is 7.58. The van der Waals surface area contributed by atoms with Crippen LogP contribution < -0.4 is 16.0 Å². The van der Waals surface area contributed by atoms with Gasteiger partial charge in [-0.1, -0.05) is 11.6 Å². The number of nitrogens with one attached hydrogen (secondary N) is 3. The Hall–Kier alpha value is -2.58. The van der Waals surface area contributed by atoms with Gasteiger partial charge in [0.05, 0.1) is 5.03 Å². The van der Waals surface area contributed by atoms with E-state index in [-0.39, 0.29) is 18.1 Å². The zero-order chi connectivity index (χ0) is 18.8. The Morgan fingerprint density at radius 1 is 1.41 bits per heavy atom. The monoisotopic (exact) mass is 388 g/mol. The molecule has 1 fully saturated rings. The van der Waals surface area contributed by atoms with Crippen LogP contribution in [0.1, 0.15) is 18.7 Å². The molecule has 4 N–H and O–H groups in total. The van der Waals surface area contributed by atoms with Crippen LogP contribution in [-0.4, -0.2) is 57.8 Å². The Morgan fingerprint density at radius 2 is 2.26 bits per heavy atom. The van der Waals surface area contributed by atoms with E-state index in [0.29, 0.717) is 29.8 Å². The van der Waals surface area contributed by atoms with Gasteiger partial charge in [-0.05, 0) is 25.0 Å². The molecule has 1 aromatic rings. The molecule has 8 nitrogen and oxygen atoms in total. The van der Waals surface area contributed by atoms with Crippen molar-refractivity contribution in [3.63, 3.8) is 0 Å². The molecule has 0 aromatic carbocycles. The number of dihydropyridines is 1. The van der Waals surface area contributed by atoms with Crippen molar-refractivity contribution in [1.29, 1.82) is 0 Å². The predicted molar refractivity (Wildman–Crippen MR) is 102 cm³/mol. The Morgan fingerprint density at radius 3 is 3.11 bits per heavy atom. The maximum Gasteiger partial charge on any atom is 0.248 e. The second-order valence-electron chi connectivity index (χ2n) is 6.70. The van der Waals surface area contributed by atoms with Gasteiger partial charge in [-0.25, -0.2) is 9.97 Å². The van der Waals surface area contributed by atoms with Crippen LogP contribution in [0.4, 0.5) is 5.82 Å². The highest BCUT2D eigenvalue weighted by molar-refractivity contribution is 6.31. The zero-order valence-corrected chi connectivity index (χ0v) is 15.4. The van der Waals surface area contributed by atoms with Gasteiger partial charge in [0.1, 0.15) is 18.6 Å². The van der Waals surface area contributed by atoms with E-state index in [1.54, 1.807) is 17.3 Å². The minimum absolute atomic E-state index is 0.0286. The fourth-order valence-electron chi connectivity index (χ4n) is 3.54. The summed E-state index contributed by atoms with van der Waals surface area (Å²) >= 11 is 6.11. The number of aromatic nitrogens is 2. The summed E-state index contributed by atoms with van der Waals surface area (Å²) in [7, 11) is 0. The SMILES string of the molecule is O=C(CO)N1CCC[C@H](Nc2ccnc(C3=CNC4NC=C(Cl)C=C34)n2)C1. The molecule has 1 unspecified atom stereocenters. The number of carbonyl (C=O) groups excluding carboxylic acids is 1. The summed E-state index contributed by atoms with van der Waals surface area (Å²) in [4.78, 5) is 22.5.